The standard InChI is InChI=1S/C10H18N2O2S/c1-4-12(5-6-14-3)10-11-9(7-15-10)8(2)13/h7-8,13H,4-6H2,1-3H3. The van der Waals surface area contributed by atoms with Crippen molar-refractivity contribution in [3.8, 4) is 0 Å². The van der Waals surface area contributed by atoms with Gasteiger partial charge in [0.15, 0.2) is 5.13 Å². The van der Waals surface area contributed by atoms with E-state index in [4.69, 9.17) is 4.74 Å². The molecule has 5 heteroatoms. The summed E-state index contributed by atoms with van der Waals surface area (Å²) in [6.45, 7) is 6.23. The van der Waals surface area contributed by atoms with Crippen molar-refractivity contribution in [2.24, 2.45) is 0 Å². The lowest BCUT2D eigenvalue weighted by atomic mass is 10.3. The molecular weight excluding hydrogens is 212 g/mol. The summed E-state index contributed by atoms with van der Waals surface area (Å²) in [5, 5.41) is 12.2. The van der Waals surface area contributed by atoms with Gasteiger partial charge in [0.1, 0.15) is 0 Å². The van der Waals surface area contributed by atoms with Crippen LogP contribution in [-0.4, -0.2) is 36.9 Å². The number of aliphatic hydroxyl groups is 1. The first kappa shape index (κ1) is 12.4. The number of hydrogen-bond acceptors (Lipinski definition) is 5. The van der Waals surface area contributed by atoms with Gasteiger partial charge in [-0.15, -0.1) is 11.3 Å². The van der Waals surface area contributed by atoms with E-state index < -0.39 is 6.10 Å². The number of methoxy groups -OCH3 is 1. The van der Waals surface area contributed by atoms with Gasteiger partial charge in [0.2, 0.25) is 0 Å². The molecule has 1 N–H and O–H groups in total. The Morgan fingerprint density at radius 1 is 1.67 bits per heavy atom. The summed E-state index contributed by atoms with van der Waals surface area (Å²) in [6, 6.07) is 0. The van der Waals surface area contributed by atoms with Crippen LogP contribution in [0.25, 0.3) is 0 Å². The molecule has 1 aromatic heterocycles. The molecule has 15 heavy (non-hydrogen) atoms. The topological polar surface area (TPSA) is 45.6 Å². The van der Waals surface area contributed by atoms with Gasteiger partial charge in [-0.25, -0.2) is 4.98 Å². The Morgan fingerprint density at radius 3 is 2.87 bits per heavy atom. The van der Waals surface area contributed by atoms with Crippen LogP contribution < -0.4 is 4.90 Å². The summed E-state index contributed by atoms with van der Waals surface area (Å²) >= 11 is 1.56. The Kier molecular flexibility index (Phi) is 5.01. The summed E-state index contributed by atoms with van der Waals surface area (Å²) in [4.78, 5) is 6.51. The molecule has 4 nitrogen and oxygen atoms in total. The third-order valence-corrected chi connectivity index (χ3v) is 3.08. The molecular formula is C10H18N2O2S. The Hall–Kier alpha value is -0.650. The maximum Gasteiger partial charge on any atom is 0.185 e. The lowest BCUT2D eigenvalue weighted by Gasteiger charge is -2.18. The van der Waals surface area contributed by atoms with Crippen LogP contribution in [0.15, 0.2) is 5.38 Å². The predicted molar refractivity (Wildman–Crippen MR) is 62.5 cm³/mol. The van der Waals surface area contributed by atoms with Gasteiger partial charge in [0.05, 0.1) is 18.4 Å². The van der Waals surface area contributed by atoms with Gasteiger partial charge in [-0.05, 0) is 13.8 Å². The van der Waals surface area contributed by atoms with Crippen molar-refractivity contribution in [1.29, 1.82) is 0 Å². The molecule has 0 aliphatic carbocycles. The average Bonchev–Trinajstić information content (AvgIpc) is 2.68. The number of rotatable bonds is 6. The molecule has 0 spiro atoms. The highest BCUT2D eigenvalue weighted by Gasteiger charge is 2.11. The molecule has 1 aromatic rings. The van der Waals surface area contributed by atoms with E-state index in [2.05, 4.69) is 16.8 Å². The molecule has 1 heterocycles. The van der Waals surface area contributed by atoms with E-state index in [0.717, 1.165) is 23.9 Å². The highest BCUT2D eigenvalue weighted by Crippen LogP contribution is 2.23. The van der Waals surface area contributed by atoms with E-state index in [9.17, 15) is 5.11 Å². The molecule has 0 aromatic carbocycles. The Labute approximate surface area is 94.5 Å². The summed E-state index contributed by atoms with van der Waals surface area (Å²) in [6.07, 6.45) is -0.490. The van der Waals surface area contributed by atoms with Crippen LogP contribution >= 0.6 is 11.3 Å². The number of nitrogens with zero attached hydrogens (tertiary/aromatic N) is 2. The second-order valence-electron chi connectivity index (χ2n) is 3.30. The maximum atomic E-state index is 9.37. The van der Waals surface area contributed by atoms with E-state index in [0.29, 0.717) is 6.61 Å². The van der Waals surface area contributed by atoms with Crippen LogP contribution in [0.5, 0.6) is 0 Å². The molecule has 1 rings (SSSR count). The molecule has 86 valence electrons. The predicted octanol–water partition coefficient (Wildman–Crippen LogP) is 1.67. The van der Waals surface area contributed by atoms with Crippen LogP contribution in [0.2, 0.25) is 0 Å². The molecule has 0 fully saturated rings. The largest absolute Gasteiger partial charge is 0.387 e. The minimum Gasteiger partial charge on any atom is -0.387 e. The molecule has 0 saturated heterocycles. The van der Waals surface area contributed by atoms with Crippen LogP contribution in [0.1, 0.15) is 25.6 Å². The zero-order chi connectivity index (χ0) is 11.3. The fourth-order valence-electron chi connectivity index (χ4n) is 1.20. The van der Waals surface area contributed by atoms with E-state index in [1.807, 2.05) is 5.38 Å². The molecule has 1 atom stereocenters. The van der Waals surface area contributed by atoms with Gasteiger partial charge in [-0.2, -0.15) is 0 Å². The number of ether oxygens (including phenoxy) is 1. The lowest BCUT2D eigenvalue weighted by molar-refractivity contribution is 0.195. The molecule has 0 amide bonds. The van der Waals surface area contributed by atoms with Crippen LogP contribution in [0.4, 0.5) is 5.13 Å². The van der Waals surface area contributed by atoms with Gasteiger partial charge in [0.25, 0.3) is 0 Å². The zero-order valence-electron chi connectivity index (χ0n) is 9.43. The third-order valence-electron chi connectivity index (χ3n) is 2.16. The molecule has 0 radical (unpaired) electrons. The zero-order valence-corrected chi connectivity index (χ0v) is 10.3. The summed E-state index contributed by atoms with van der Waals surface area (Å²) < 4.78 is 5.04. The highest BCUT2D eigenvalue weighted by molar-refractivity contribution is 7.13. The van der Waals surface area contributed by atoms with E-state index in [1.165, 1.54) is 0 Å². The summed E-state index contributed by atoms with van der Waals surface area (Å²) in [7, 11) is 1.69. The van der Waals surface area contributed by atoms with Crippen LogP contribution in [0, 0.1) is 0 Å². The number of aliphatic hydroxyl groups excluding tert-OH is 1. The van der Waals surface area contributed by atoms with E-state index in [-0.39, 0.29) is 0 Å². The van der Waals surface area contributed by atoms with Gasteiger partial charge < -0.3 is 14.7 Å². The van der Waals surface area contributed by atoms with Crippen molar-refractivity contribution in [2.45, 2.75) is 20.0 Å². The lowest BCUT2D eigenvalue weighted by Crippen LogP contribution is -2.26. The number of thiazole rings is 1. The second kappa shape index (κ2) is 6.05. The Balaban J connectivity index is 2.65. The van der Waals surface area contributed by atoms with Crippen molar-refractivity contribution in [1.82, 2.24) is 4.98 Å². The maximum absolute atomic E-state index is 9.37. The molecule has 0 aliphatic heterocycles. The normalized spacial score (nSPS) is 12.8. The smallest absolute Gasteiger partial charge is 0.185 e. The third kappa shape index (κ3) is 3.44. The molecule has 1 unspecified atom stereocenters. The van der Waals surface area contributed by atoms with Gasteiger partial charge in [0, 0.05) is 25.6 Å². The first-order valence-electron chi connectivity index (χ1n) is 5.06. The van der Waals surface area contributed by atoms with Crippen LogP contribution in [-0.2, 0) is 4.74 Å². The van der Waals surface area contributed by atoms with Crippen molar-refractivity contribution < 1.29 is 9.84 Å². The van der Waals surface area contributed by atoms with E-state index >= 15 is 0 Å². The average molecular weight is 230 g/mol. The van der Waals surface area contributed by atoms with E-state index in [1.54, 1.807) is 25.4 Å². The van der Waals surface area contributed by atoms with Crippen molar-refractivity contribution in [2.75, 3.05) is 31.7 Å². The highest BCUT2D eigenvalue weighted by atomic mass is 32.1. The van der Waals surface area contributed by atoms with Gasteiger partial charge in [-0.3, -0.25) is 0 Å². The Bertz CT molecular complexity index is 289. The number of hydrogen-bond donors (Lipinski definition) is 1. The van der Waals surface area contributed by atoms with Crippen molar-refractivity contribution >= 4 is 16.5 Å². The second-order valence-corrected chi connectivity index (χ2v) is 4.14. The SMILES string of the molecule is CCN(CCOC)c1nc(C(C)O)cs1. The number of anilines is 1. The molecule has 0 aliphatic rings. The fraction of sp³-hybridized carbons (Fsp3) is 0.700. The summed E-state index contributed by atoms with van der Waals surface area (Å²) in [5.41, 5.74) is 0.742. The number of aromatic nitrogens is 1. The quantitative estimate of drug-likeness (QED) is 0.807. The first-order chi connectivity index (χ1) is 7.19. The van der Waals surface area contributed by atoms with Gasteiger partial charge >= 0.3 is 0 Å². The minimum atomic E-state index is -0.490. The summed E-state index contributed by atoms with van der Waals surface area (Å²) in [5.74, 6) is 0. The van der Waals surface area contributed by atoms with Crippen molar-refractivity contribution in [3.05, 3.63) is 11.1 Å². The molecule has 0 saturated carbocycles. The van der Waals surface area contributed by atoms with Crippen LogP contribution in [0.3, 0.4) is 0 Å². The molecule has 0 bridgehead atoms. The number of likely N-dealkylation sites (N-methyl/N-ethyl adjacent to an activating group) is 1. The van der Waals surface area contributed by atoms with Crippen molar-refractivity contribution in [3.63, 3.8) is 0 Å². The monoisotopic (exact) mass is 230 g/mol. The Morgan fingerprint density at radius 2 is 2.40 bits per heavy atom. The van der Waals surface area contributed by atoms with Gasteiger partial charge in [-0.1, -0.05) is 0 Å². The first-order valence-corrected chi connectivity index (χ1v) is 5.94. The fourth-order valence-corrected chi connectivity index (χ4v) is 2.21. The minimum absolute atomic E-state index is 0.490.